The van der Waals surface area contributed by atoms with Gasteiger partial charge in [0.15, 0.2) is 0 Å². The molecular weight excluding hydrogens is 530 g/mol. The van der Waals surface area contributed by atoms with Crippen LogP contribution in [0.2, 0.25) is 0 Å². The topological polar surface area (TPSA) is 0 Å². The highest BCUT2D eigenvalue weighted by molar-refractivity contribution is 7.75. The molecule has 202 valence electrons. The molecule has 0 amide bonds. The van der Waals surface area contributed by atoms with Crippen LogP contribution < -0.4 is 24.0 Å². The molecule has 0 fully saturated rings. The molecule has 33 heavy (non-hydrogen) atoms. The summed E-state index contributed by atoms with van der Waals surface area (Å²) in [7, 11) is -0.712. The SMILES string of the molecule is CCCCCCCC[P+](CCCCCCC)(CCCCCCCC)CCCCCCCC.[I-]. The van der Waals surface area contributed by atoms with Gasteiger partial charge in [-0.25, -0.2) is 0 Å². The first-order valence-electron chi connectivity index (χ1n) is 15.6. The molecule has 0 nitrogen and oxygen atoms in total. The summed E-state index contributed by atoms with van der Waals surface area (Å²) in [6.45, 7) is 9.38. The quantitative estimate of drug-likeness (QED) is 0.0504. The maximum absolute atomic E-state index is 2.35. The second-order valence-electron chi connectivity index (χ2n) is 11.0. The maximum atomic E-state index is 2.35. The molecule has 0 aromatic carbocycles. The Morgan fingerprint density at radius 2 is 0.455 bits per heavy atom. The van der Waals surface area contributed by atoms with Gasteiger partial charge < -0.3 is 24.0 Å². The molecule has 0 unspecified atom stereocenters. The van der Waals surface area contributed by atoms with Crippen LogP contribution in [-0.2, 0) is 0 Å². The molecule has 0 aliphatic rings. The third kappa shape index (κ3) is 24.6. The Bertz CT molecular complexity index is 303. The largest absolute Gasteiger partial charge is 1.00 e. The van der Waals surface area contributed by atoms with Crippen molar-refractivity contribution in [3.63, 3.8) is 0 Å². The molecule has 0 N–H and O–H groups in total. The van der Waals surface area contributed by atoms with E-state index in [1.165, 1.54) is 122 Å². The van der Waals surface area contributed by atoms with Gasteiger partial charge in [-0.1, -0.05) is 124 Å². The fraction of sp³-hybridized carbons (Fsp3) is 1.00. The Morgan fingerprint density at radius 1 is 0.273 bits per heavy atom. The first-order chi connectivity index (χ1) is 15.7. The summed E-state index contributed by atoms with van der Waals surface area (Å²) in [6, 6.07) is 0. The summed E-state index contributed by atoms with van der Waals surface area (Å²) in [6.07, 6.45) is 40.6. The van der Waals surface area contributed by atoms with Gasteiger partial charge in [0.2, 0.25) is 0 Å². The number of hydrogen-bond acceptors (Lipinski definition) is 0. The van der Waals surface area contributed by atoms with Crippen molar-refractivity contribution in [1.82, 2.24) is 0 Å². The Balaban J connectivity index is 0. The van der Waals surface area contributed by atoms with Crippen LogP contribution in [0.15, 0.2) is 0 Å². The van der Waals surface area contributed by atoms with E-state index in [-0.39, 0.29) is 24.0 Å². The third-order valence-electron chi connectivity index (χ3n) is 7.69. The van der Waals surface area contributed by atoms with E-state index in [0.717, 1.165) is 0 Å². The Labute approximate surface area is 230 Å². The fourth-order valence-corrected chi connectivity index (χ4v) is 10.3. The van der Waals surface area contributed by atoms with Crippen molar-refractivity contribution in [3.05, 3.63) is 0 Å². The molecule has 0 heterocycles. The van der Waals surface area contributed by atoms with Crippen LogP contribution in [-0.4, -0.2) is 24.6 Å². The van der Waals surface area contributed by atoms with Crippen molar-refractivity contribution < 1.29 is 24.0 Å². The van der Waals surface area contributed by atoms with Gasteiger partial charge >= 0.3 is 0 Å². The minimum Gasteiger partial charge on any atom is -1.00 e. The minimum absolute atomic E-state index is 0. The van der Waals surface area contributed by atoms with Gasteiger partial charge in [0.1, 0.15) is 0 Å². The van der Waals surface area contributed by atoms with Crippen LogP contribution in [0, 0.1) is 0 Å². The Morgan fingerprint density at radius 3 is 0.667 bits per heavy atom. The molecule has 0 aromatic rings. The molecule has 0 aliphatic heterocycles. The van der Waals surface area contributed by atoms with Crippen molar-refractivity contribution in [2.45, 2.75) is 175 Å². The van der Waals surface area contributed by atoms with Crippen molar-refractivity contribution >= 4 is 7.26 Å². The summed E-state index contributed by atoms with van der Waals surface area (Å²) < 4.78 is 0. The molecule has 0 saturated carbocycles. The maximum Gasteiger partial charge on any atom is 0.0594 e. The van der Waals surface area contributed by atoms with E-state index in [1.807, 2.05) is 0 Å². The van der Waals surface area contributed by atoms with Gasteiger partial charge in [0, 0.05) is 7.26 Å². The van der Waals surface area contributed by atoms with Crippen LogP contribution >= 0.6 is 7.26 Å². The van der Waals surface area contributed by atoms with Crippen LogP contribution in [0.1, 0.15) is 175 Å². The number of hydrogen-bond donors (Lipinski definition) is 0. The molecule has 0 bridgehead atoms. The van der Waals surface area contributed by atoms with Crippen LogP contribution in [0.3, 0.4) is 0 Å². The predicted octanol–water partition coefficient (Wildman–Crippen LogP) is 9.06. The second kappa shape index (κ2) is 29.4. The molecule has 0 aliphatic carbocycles. The smallest absolute Gasteiger partial charge is 0.0594 e. The standard InChI is InChI=1S/C31H66P.HI/c1-5-9-13-17-21-25-29-32(28-24-20-16-12-8-4,30-26-22-18-14-10-6-2)31-27-23-19-15-11-7-3;/h5-31H2,1-4H3;1H/q+1;/p-1. The van der Waals surface area contributed by atoms with Gasteiger partial charge in [-0.05, 0) is 51.4 Å². The second-order valence-corrected chi connectivity index (χ2v) is 15.4. The molecule has 0 spiro atoms. The van der Waals surface area contributed by atoms with E-state index >= 15 is 0 Å². The average Bonchev–Trinajstić information content (AvgIpc) is 2.80. The van der Waals surface area contributed by atoms with Crippen molar-refractivity contribution in [1.29, 1.82) is 0 Å². The van der Waals surface area contributed by atoms with E-state index in [9.17, 15) is 0 Å². The van der Waals surface area contributed by atoms with E-state index in [1.54, 1.807) is 50.3 Å². The fourth-order valence-electron chi connectivity index (χ4n) is 5.40. The number of unbranched alkanes of at least 4 members (excludes halogenated alkanes) is 19. The van der Waals surface area contributed by atoms with Crippen LogP contribution in [0.25, 0.3) is 0 Å². The van der Waals surface area contributed by atoms with Crippen molar-refractivity contribution in [3.8, 4) is 0 Å². The third-order valence-corrected chi connectivity index (χ3v) is 12.8. The minimum atomic E-state index is -0.712. The first kappa shape index (κ1) is 36.3. The molecular formula is C31H66IP. The molecule has 0 atom stereocenters. The summed E-state index contributed by atoms with van der Waals surface area (Å²) in [5, 5.41) is 0. The average molecular weight is 597 g/mol. The highest BCUT2D eigenvalue weighted by atomic mass is 127. The van der Waals surface area contributed by atoms with Gasteiger partial charge in [-0.2, -0.15) is 0 Å². The normalized spacial score (nSPS) is 11.6. The highest BCUT2D eigenvalue weighted by Crippen LogP contribution is 2.61. The molecule has 0 radical (unpaired) electrons. The predicted molar refractivity (Wildman–Crippen MR) is 155 cm³/mol. The highest BCUT2D eigenvalue weighted by Gasteiger charge is 2.34. The van der Waals surface area contributed by atoms with Gasteiger partial charge in [0.25, 0.3) is 0 Å². The summed E-state index contributed by atoms with van der Waals surface area (Å²) >= 11 is 0. The lowest BCUT2D eigenvalue weighted by atomic mass is 10.1. The zero-order chi connectivity index (χ0) is 23.6. The number of rotatable bonds is 27. The monoisotopic (exact) mass is 596 g/mol. The van der Waals surface area contributed by atoms with Crippen molar-refractivity contribution in [2.75, 3.05) is 24.6 Å². The Hall–Kier alpha value is 1.16. The zero-order valence-electron chi connectivity index (χ0n) is 23.9. The first-order valence-corrected chi connectivity index (χ1v) is 18.1. The summed E-state index contributed by atoms with van der Waals surface area (Å²) in [4.78, 5) is 0. The van der Waals surface area contributed by atoms with E-state index < -0.39 is 7.26 Å². The van der Waals surface area contributed by atoms with E-state index in [2.05, 4.69) is 27.7 Å². The number of halogens is 1. The van der Waals surface area contributed by atoms with E-state index in [4.69, 9.17) is 0 Å². The molecule has 0 rings (SSSR count). The lowest BCUT2D eigenvalue weighted by molar-refractivity contribution is -0.00000733. The van der Waals surface area contributed by atoms with Gasteiger partial charge in [0.05, 0.1) is 24.6 Å². The van der Waals surface area contributed by atoms with Gasteiger partial charge in [-0.3, -0.25) is 0 Å². The molecule has 0 saturated heterocycles. The zero-order valence-corrected chi connectivity index (χ0v) is 27.0. The molecule has 2 heteroatoms. The van der Waals surface area contributed by atoms with Crippen LogP contribution in [0.4, 0.5) is 0 Å². The lowest BCUT2D eigenvalue weighted by Crippen LogP contribution is -3.00. The molecule has 0 aromatic heterocycles. The summed E-state index contributed by atoms with van der Waals surface area (Å²) in [5.41, 5.74) is 0. The van der Waals surface area contributed by atoms with Crippen molar-refractivity contribution in [2.24, 2.45) is 0 Å². The van der Waals surface area contributed by atoms with E-state index in [0.29, 0.717) is 0 Å². The van der Waals surface area contributed by atoms with Gasteiger partial charge in [-0.15, -0.1) is 0 Å². The Kier molecular flexibility index (Phi) is 32.3. The summed E-state index contributed by atoms with van der Waals surface area (Å²) in [5.74, 6) is 0. The van der Waals surface area contributed by atoms with Crippen LogP contribution in [0.5, 0.6) is 0 Å². The lowest BCUT2D eigenvalue weighted by Gasteiger charge is -2.28.